The average molecular weight is 271 g/mol. The summed E-state index contributed by atoms with van der Waals surface area (Å²) in [4.78, 5) is 1.04. The monoisotopic (exact) mass is 270 g/mol. The van der Waals surface area contributed by atoms with Gasteiger partial charge in [0.2, 0.25) is 0 Å². The highest BCUT2D eigenvalue weighted by Crippen LogP contribution is 2.33. The molecule has 1 aromatic carbocycles. The lowest BCUT2D eigenvalue weighted by atomic mass is 10.0. The van der Waals surface area contributed by atoms with Crippen molar-refractivity contribution >= 4 is 22.9 Å². The maximum Gasteiger partial charge on any atom is 0.142 e. The summed E-state index contributed by atoms with van der Waals surface area (Å²) >= 11 is 7.54. The Kier molecular flexibility index (Phi) is 3.79. The second kappa shape index (κ2) is 5.14. The first kappa shape index (κ1) is 12.5. The molecule has 0 aliphatic carbocycles. The van der Waals surface area contributed by atoms with Crippen LogP contribution in [0.15, 0.2) is 29.6 Å². The summed E-state index contributed by atoms with van der Waals surface area (Å²) in [5.74, 6) is 5.13. The van der Waals surface area contributed by atoms with Crippen molar-refractivity contribution < 1.29 is 4.39 Å². The van der Waals surface area contributed by atoms with Gasteiger partial charge >= 0.3 is 0 Å². The van der Waals surface area contributed by atoms with Gasteiger partial charge in [-0.3, -0.25) is 5.84 Å². The molecular formula is C12H12ClFN2S. The van der Waals surface area contributed by atoms with Gasteiger partial charge in [-0.05, 0) is 35.6 Å². The predicted molar refractivity (Wildman–Crippen MR) is 69.6 cm³/mol. The molecule has 1 heterocycles. The van der Waals surface area contributed by atoms with E-state index < -0.39 is 5.82 Å². The SMILES string of the molecule is Cc1ccsc1C(NN)c1cccc(F)c1Cl. The molecule has 17 heavy (non-hydrogen) atoms. The number of aryl methyl sites for hydroxylation is 1. The van der Waals surface area contributed by atoms with Crippen LogP contribution in [0, 0.1) is 12.7 Å². The molecule has 0 fully saturated rings. The van der Waals surface area contributed by atoms with Gasteiger partial charge in [0.1, 0.15) is 5.82 Å². The fourth-order valence-electron chi connectivity index (χ4n) is 1.73. The van der Waals surface area contributed by atoms with E-state index in [-0.39, 0.29) is 11.1 Å². The van der Waals surface area contributed by atoms with Gasteiger partial charge in [-0.25, -0.2) is 9.82 Å². The van der Waals surface area contributed by atoms with Crippen LogP contribution in [0.4, 0.5) is 4.39 Å². The van der Waals surface area contributed by atoms with Gasteiger partial charge < -0.3 is 0 Å². The third-order valence-electron chi connectivity index (χ3n) is 2.62. The summed E-state index contributed by atoms with van der Waals surface area (Å²) in [6.45, 7) is 1.99. The van der Waals surface area contributed by atoms with Crippen molar-refractivity contribution in [1.29, 1.82) is 0 Å². The number of hydrogen-bond acceptors (Lipinski definition) is 3. The minimum absolute atomic E-state index is 0.114. The molecule has 0 saturated carbocycles. The second-order valence-electron chi connectivity index (χ2n) is 3.71. The van der Waals surface area contributed by atoms with Gasteiger partial charge in [0.25, 0.3) is 0 Å². The summed E-state index contributed by atoms with van der Waals surface area (Å²) in [6.07, 6.45) is 0. The number of nitrogens with two attached hydrogens (primary N) is 1. The van der Waals surface area contributed by atoms with Crippen LogP contribution in [-0.4, -0.2) is 0 Å². The predicted octanol–water partition coefficient (Wildman–Crippen LogP) is 3.40. The molecule has 0 amide bonds. The summed E-state index contributed by atoms with van der Waals surface area (Å²) in [5, 5.41) is 2.09. The number of hydrogen-bond donors (Lipinski definition) is 2. The lowest BCUT2D eigenvalue weighted by molar-refractivity contribution is 0.608. The van der Waals surface area contributed by atoms with Gasteiger partial charge in [0, 0.05) is 4.88 Å². The number of rotatable bonds is 3. The summed E-state index contributed by atoms with van der Waals surface area (Å²) in [7, 11) is 0. The van der Waals surface area contributed by atoms with E-state index in [2.05, 4.69) is 5.43 Å². The Balaban J connectivity index is 2.50. The van der Waals surface area contributed by atoms with E-state index in [0.29, 0.717) is 5.56 Å². The first-order chi connectivity index (χ1) is 8.15. The number of benzene rings is 1. The summed E-state index contributed by atoms with van der Waals surface area (Å²) < 4.78 is 13.4. The number of halogens is 2. The Morgan fingerprint density at radius 1 is 1.41 bits per heavy atom. The fraction of sp³-hybridized carbons (Fsp3) is 0.167. The molecular weight excluding hydrogens is 259 g/mol. The van der Waals surface area contributed by atoms with Crippen molar-refractivity contribution in [2.45, 2.75) is 13.0 Å². The Morgan fingerprint density at radius 3 is 2.76 bits per heavy atom. The molecule has 1 aromatic heterocycles. The molecule has 0 aliphatic rings. The quantitative estimate of drug-likeness (QED) is 0.663. The third kappa shape index (κ3) is 2.35. The zero-order valence-electron chi connectivity index (χ0n) is 9.21. The van der Waals surface area contributed by atoms with Crippen LogP contribution in [-0.2, 0) is 0 Å². The molecule has 5 heteroatoms. The molecule has 0 radical (unpaired) electrons. The highest BCUT2D eigenvalue weighted by atomic mass is 35.5. The van der Waals surface area contributed by atoms with Gasteiger partial charge in [-0.2, -0.15) is 0 Å². The topological polar surface area (TPSA) is 38.0 Å². The fourth-order valence-corrected chi connectivity index (χ4v) is 2.97. The van der Waals surface area contributed by atoms with Gasteiger partial charge in [0.05, 0.1) is 11.1 Å². The largest absolute Gasteiger partial charge is 0.271 e. The summed E-state index contributed by atoms with van der Waals surface area (Å²) in [6, 6.07) is 6.45. The maximum absolute atomic E-state index is 13.4. The minimum Gasteiger partial charge on any atom is -0.271 e. The van der Waals surface area contributed by atoms with E-state index in [0.717, 1.165) is 10.4 Å². The van der Waals surface area contributed by atoms with Gasteiger partial charge in [0.15, 0.2) is 0 Å². The average Bonchev–Trinajstić information content (AvgIpc) is 2.72. The molecule has 0 aliphatic heterocycles. The van der Waals surface area contributed by atoms with Crippen molar-refractivity contribution in [3.05, 3.63) is 56.5 Å². The van der Waals surface area contributed by atoms with E-state index in [1.54, 1.807) is 23.5 Å². The van der Waals surface area contributed by atoms with Crippen molar-refractivity contribution in [1.82, 2.24) is 5.43 Å². The molecule has 1 atom stereocenters. The Bertz CT molecular complexity index is 527. The highest BCUT2D eigenvalue weighted by molar-refractivity contribution is 7.10. The van der Waals surface area contributed by atoms with Crippen LogP contribution in [0.3, 0.4) is 0 Å². The van der Waals surface area contributed by atoms with Crippen LogP contribution < -0.4 is 11.3 Å². The zero-order chi connectivity index (χ0) is 12.4. The Labute approximate surface area is 108 Å². The first-order valence-corrected chi connectivity index (χ1v) is 6.35. The molecule has 2 nitrogen and oxygen atoms in total. The maximum atomic E-state index is 13.4. The Morgan fingerprint density at radius 2 is 2.18 bits per heavy atom. The van der Waals surface area contributed by atoms with Crippen LogP contribution in [0.5, 0.6) is 0 Å². The third-order valence-corrected chi connectivity index (χ3v) is 4.11. The van der Waals surface area contributed by atoms with Crippen molar-refractivity contribution in [2.24, 2.45) is 5.84 Å². The van der Waals surface area contributed by atoms with Crippen molar-refractivity contribution in [2.75, 3.05) is 0 Å². The van der Waals surface area contributed by atoms with E-state index in [4.69, 9.17) is 17.4 Å². The lowest BCUT2D eigenvalue weighted by Crippen LogP contribution is -2.29. The van der Waals surface area contributed by atoms with E-state index >= 15 is 0 Å². The van der Waals surface area contributed by atoms with E-state index in [1.165, 1.54) is 6.07 Å². The minimum atomic E-state index is -0.432. The second-order valence-corrected chi connectivity index (χ2v) is 5.04. The molecule has 3 N–H and O–H groups in total. The number of nitrogens with one attached hydrogen (secondary N) is 1. The Hall–Kier alpha value is -0.940. The number of hydrazine groups is 1. The molecule has 2 rings (SSSR count). The molecule has 0 spiro atoms. The highest BCUT2D eigenvalue weighted by Gasteiger charge is 2.20. The van der Waals surface area contributed by atoms with Gasteiger partial charge in [-0.1, -0.05) is 23.7 Å². The number of thiophene rings is 1. The van der Waals surface area contributed by atoms with Crippen LogP contribution in [0.2, 0.25) is 5.02 Å². The zero-order valence-corrected chi connectivity index (χ0v) is 10.8. The van der Waals surface area contributed by atoms with E-state index in [9.17, 15) is 4.39 Å². The van der Waals surface area contributed by atoms with Gasteiger partial charge in [-0.15, -0.1) is 11.3 Å². The molecule has 1 unspecified atom stereocenters. The smallest absolute Gasteiger partial charge is 0.142 e. The lowest BCUT2D eigenvalue weighted by Gasteiger charge is -2.17. The van der Waals surface area contributed by atoms with Crippen molar-refractivity contribution in [3.63, 3.8) is 0 Å². The normalized spacial score (nSPS) is 12.7. The van der Waals surface area contributed by atoms with Crippen LogP contribution in [0.25, 0.3) is 0 Å². The van der Waals surface area contributed by atoms with Crippen LogP contribution in [0.1, 0.15) is 22.0 Å². The molecule has 0 saturated heterocycles. The first-order valence-electron chi connectivity index (χ1n) is 5.09. The standard InChI is InChI=1S/C12H12ClFN2S/c1-7-5-6-17-12(7)11(16-15)8-3-2-4-9(14)10(8)13/h2-6,11,16H,15H2,1H3. The van der Waals surface area contributed by atoms with Crippen molar-refractivity contribution in [3.8, 4) is 0 Å². The molecule has 0 bridgehead atoms. The molecule has 2 aromatic rings. The summed E-state index contributed by atoms with van der Waals surface area (Å²) in [5.41, 5.74) is 4.45. The van der Waals surface area contributed by atoms with E-state index in [1.807, 2.05) is 18.4 Å². The van der Waals surface area contributed by atoms with Crippen LogP contribution >= 0.6 is 22.9 Å². The molecule has 90 valence electrons.